The molecule has 2 aromatic rings. The minimum Gasteiger partial charge on any atom is -0.497 e. The predicted molar refractivity (Wildman–Crippen MR) is 141 cm³/mol. The molecule has 0 radical (unpaired) electrons. The van der Waals surface area contributed by atoms with Gasteiger partial charge in [0, 0.05) is 12.2 Å². The molecule has 38 heavy (non-hydrogen) atoms. The maximum absolute atomic E-state index is 13.8. The lowest BCUT2D eigenvalue weighted by Gasteiger charge is -2.34. The molecule has 0 aromatic heterocycles. The Kier molecular flexibility index (Phi) is 10.6. The van der Waals surface area contributed by atoms with Gasteiger partial charge in [0.1, 0.15) is 23.4 Å². The maximum Gasteiger partial charge on any atom is 0.408 e. The molecule has 2 aromatic carbocycles. The van der Waals surface area contributed by atoms with Crippen LogP contribution in [0.2, 0.25) is 0 Å². The quantitative estimate of drug-likeness (QED) is 0.348. The number of benzene rings is 2. The van der Waals surface area contributed by atoms with E-state index in [1.807, 2.05) is 0 Å². The molecule has 0 spiro atoms. The van der Waals surface area contributed by atoms with E-state index in [9.17, 15) is 24.3 Å². The molecule has 206 valence electrons. The largest absolute Gasteiger partial charge is 0.497 e. The summed E-state index contributed by atoms with van der Waals surface area (Å²) in [4.78, 5) is 52.8. The molecule has 2 unspecified atom stereocenters. The summed E-state index contributed by atoms with van der Waals surface area (Å²) in [5.74, 6) is -1.61. The van der Waals surface area contributed by atoms with Crippen LogP contribution in [0.4, 0.5) is 10.5 Å². The summed E-state index contributed by atoms with van der Waals surface area (Å²) in [7, 11) is 1.52. The molecule has 4 amide bonds. The first-order chi connectivity index (χ1) is 17.9. The maximum atomic E-state index is 13.8. The Morgan fingerprint density at radius 3 is 2.21 bits per heavy atom. The van der Waals surface area contributed by atoms with Gasteiger partial charge >= 0.3 is 6.09 Å². The zero-order valence-electron chi connectivity index (χ0n) is 22.3. The van der Waals surface area contributed by atoms with E-state index in [1.165, 1.54) is 7.11 Å². The number of nitrogens with two attached hydrogens (primary N) is 1. The Labute approximate surface area is 222 Å². The minimum absolute atomic E-state index is 0.265. The molecule has 2 atom stereocenters. The van der Waals surface area contributed by atoms with Gasteiger partial charge in [0.25, 0.3) is 5.91 Å². The summed E-state index contributed by atoms with van der Waals surface area (Å²) >= 11 is 0. The van der Waals surface area contributed by atoms with Crippen LogP contribution in [0.25, 0.3) is 0 Å². The van der Waals surface area contributed by atoms with Crippen molar-refractivity contribution in [3.05, 3.63) is 59.7 Å². The molecule has 0 saturated carbocycles. The van der Waals surface area contributed by atoms with Crippen LogP contribution in [0.3, 0.4) is 0 Å². The van der Waals surface area contributed by atoms with Gasteiger partial charge in [-0.15, -0.1) is 0 Å². The van der Waals surface area contributed by atoms with Crippen LogP contribution >= 0.6 is 0 Å². The predicted octanol–water partition coefficient (Wildman–Crippen LogP) is 2.27. The molecular weight excluding hydrogens is 492 g/mol. The van der Waals surface area contributed by atoms with E-state index in [-0.39, 0.29) is 6.54 Å². The number of aliphatic hydroxyl groups excluding tert-OH is 1. The highest BCUT2D eigenvalue weighted by Crippen LogP contribution is 2.27. The first kappa shape index (κ1) is 30.1. The monoisotopic (exact) mass is 528 g/mol. The van der Waals surface area contributed by atoms with Crippen LogP contribution in [-0.2, 0) is 19.1 Å². The molecule has 0 saturated heterocycles. The lowest BCUT2D eigenvalue weighted by molar-refractivity contribution is -0.142. The summed E-state index contributed by atoms with van der Waals surface area (Å²) in [6, 6.07) is 11.0. The third-order valence-electron chi connectivity index (χ3n) is 5.42. The summed E-state index contributed by atoms with van der Waals surface area (Å²) in [5.41, 5.74) is 6.16. The topological polar surface area (TPSA) is 160 Å². The van der Waals surface area contributed by atoms with Gasteiger partial charge in [-0.25, -0.2) is 4.79 Å². The highest BCUT2D eigenvalue weighted by molar-refractivity contribution is 6.00. The molecule has 2 rings (SSSR count). The number of aryl methyl sites for hydroxylation is 1. The SMILES string of the molecule is COc1ccc(NC(=O)C(c2ccccc2C)N(CCO)C(=O)C(CC(N)=O)NC(=O)OC(C)(C)C)cc1. The Balaban J connectivity index is 2.50. The Morgan fingerprint density at radius 1 is 1.05 bits per heavy atom. The van der Waals surface area contributed by atoms with E-state index in [1.54, 1.807) is 76.2 Å². The zero-order valence-corrected chi connectivity index (χ0v) is 22.3. The van der Waals surface area contributed by atoms with E-state index in [4.69, 9.17) is 15.2 Å². The zero-order chi connectivity index (χ0) is 28.5. The molecule has 11 heteroatoms. The van der Waals surface area contributed by atoms with Gasteiger partial charge < -0.3 is 35.8 Å². The van der Waals surface area contributed by atoms with Crippen LogP contribution in [-0.4, -0.2) is 65.7 Å². The molecule has 0 bridgehead atoms. The number of amides is 4. The Hall–Kier alpha value is -4.12. The second-order valence-electron chi connectivity index (χ2n) is 9.60. The Bertz CT molecular complexity index is 1130. The number of hydrogen-bond donors (Lipinski definition) is 4. The first-order valence-electron chi connectivity index (χ1n) is 12.1. The third kappa shape index (κ3) is 8.77. The summed E-state index contributed by atoms with van der Waals surface area (Å²) < 4.78 is 10.4. The standard InChI is InChI=1S/C27H36N4O7/c1-17-8-6-7-9-20(17)23(24(34)29-18-10-12-19(37-5)13-11-18)31(14-15-32)25(35)21(16-22(28)33)30-26(36)38-27(2,3)4/h6-13,21,23,32H,14-16H2,1-5H3,(H2,28,33)(H,29,34)(H,30,36). The number of carbonyl (C=O) groups excluding carboxylic acids is 4. The number of aliphatic hydroxyl groups is 1. The van der Waals surface area contributed by atoms with Gasteiger partial charge in [-0.1, -0.05) is 24.3 Å². The van der Waals surface area contributed by atoms with E-state index < -0.39 is 54.5 Å². The second kappa shape index (κ2) is 13.4. The van der Waals surface area contributed by atoms with Gasteiger partial charge in [-0.2, -0.15) is 0 Å². The lowest BCUT2D eigenvalue weighted by atomic mass is 9.97. The number of primary amides is 1. The van der Waals surface area contributed by atoms with Crippen LogP contribution < -0.4 is 21.1 Å². The van der Waals surface area contributed by atoms with E-state index in [2.05, 4.69) is 10.6 Å². The summed E-state index contributed by atoms with van der Waals surface area (Å²) in [5, 5.41) is 15.0. The average molecular weight is 529 g/mol. The third-order valence-corrected chi connectivity index (χ3v) is 5.42. The molecule has 11 nitrogen and oxygen atoms in total. The number of methoxy groups -OCH3 is 1. The van der Waals surface area contributed by atoms with Crippen molar-refractivity contribution < 1.29 is 33.8 Å². The summed E-state index contributed by atoms with van der Waals surface area (Å²) in [6.45, 7) is 5.97. The Morgan fingerprint density at radius 2 is 1.68 bits per heavy atom. The number of hydrogen-bond acceptors (Lipinski definition) is 7. The number of rotatable bonds is 11. The van der Waals surface area contributed by atoms with E-state index in [0.29, 0.717) is 22.6 Å². The molecular formula is C27H36N4O7. The molecule has 0 heterocycles. The van der Waals surface area contributed by atoms with E-state index >= 15 is 0 Å². The molecule has 0 fully saturated rings. The number of ether oxygens (including phenoxy) is 2. The fraction of sp³-hybridized carbons (Fsp3) is 0.407. The van der Waals surface area contributed by atoms with E-state index in [0.717, 1.165) is 4.90 Å². The van der Waals surface area contributed by atoms with Crippen LogP contribution in [0.15, 0.2) is 48.5 Å². The number of alkyl carbamates (subject to hydrolysis) is 1. The minimum atomic E-state index is -1.44. The van der Waals surface area contributed by atoms with Crippen molar-refractivity contribution in [2.75, 3.05) is 25.6 Å². The number of carbonyl (C=O) groups is 4. The average Bonchev–Trinajstić information content (AvgIpc) is 2.83. The molecule has 5 N–H and O–H groups in total. The van der Waals surface area contributed by atoms with Gasteiger partial charge in [-0.05, 0) is 63.1 Å². The normalized spacial score (nSPS) is 12.6. The lowest BCUT2D eigenvalue weighted by Crippen LogP contribution is -2.54. The van der Waals surface area contributed by atoms with Crippen molar-refractivity contribution in [2.45, 2.75) is 51.8 Å². The second-order valence-corrected chi connectivity index (χ2v) is 9.60. The highest BCUT2D eigenvalue weighted by Gasteiger charge is 2.37. The van der Waals surface area contributed by atoms with Crippen molar-refractivity contribution in [3.8, 4) is 5.75 Å². The first-order valence-corrected chi connectivity index (χ1v) is 12.1. The van der Waals surface area contributed by atoms with Gasteiger partial charge in [-0.3, -0.25) is 14.4 Å². The van der Waals surface area contributed by atoms with Crippen molar-refractivity contribution in [3.63, 3.8) is 0 Å². The molecule has 0 aliphatic carbocycles. The van der Waals surface area contributed by atoms with Crippen molar-refractivity contribution in [2.24, 2.45) is 5.73 Å². The number of anilines is 1. The van der Waals surface area contributed by atoms with Crippen molar-refractivity contribution in [1.82, 2.24) is 10.2 Å². The smallest absolute Gasteiger partial charge is 0.408 e. The fourth-order valence-electron chi connectivity index (χ4n) is 3.75. The fourth-order valence-corrected chi connectivity index (χ4v) is 3.75. The highest BCUT2D eigenvalue weighted by atomic mass is 16.6. The number of nitrogens with one attached hydrogen (secondary N) is 2. The number of nitrogens with zero attached hydrogens (tertiary/aromatic N) is 1. The van der Waals surface area contributed by atoms with Gasteiger partial charge in [0.2, 0.25) is 11.8 Å². The van der Waals surface area contributed by atoms with Crippen LogP contribution in [0, 0.1) is 6.92 Å². The van der Waals surface area contributed by atoms with Crippen molar-refractivity contribution in [1.29, 1.82) is 0 Å². The van der Waals surface area contributed by atoms with Gasteiger partial charge in [0.15, 0.2) is 0 Å². The summed E-state index contributed by atoms with van der Waals surface area (Å²) in [6.07, 6.45) is -1.48. The van der Waals surface area contributed by atoms with Crippen molar-refractivity contribution >= 4 is 29.5 Å². The molecule has 0 aliphatic rings. The van der Waals surface area contributed by atoms with Crippen LogP contribution in [0.5, 0.6) is 5.75 Å². The molecule has 0 aliphatic heterocycles. The van der Waals surface area contributed by atoms with Gasteiger partial charge in [0.05, 0.1) is 20.1 Å². The van der Waals surface area contributed by atoms with Crippen LogP contribution in [0.1, 0.15) is 44.4 Å².